The van der Waals surface area contributed by atoms with Gasteiger partial charge in [0.15, 0.2) is 11.0 Å². The number of nitrogens with zero attached hydrogens (tertiary/aromatic N) is 3. The molecule has 0 spiro atoms. The first-order valence-corrected chi connectivity index (χ1v) is 7.00. The van der Waals surface area contributed by atoms with E-state index in [9.17, 15) is 12.8 Å². The van der Waals surface area contributed by atoms with Crippen molar-refractivity contribution in [3.8, 4) is 6.07 Å². The normalized spacial score (nSPS) is 10.8. The highest BCUT2D eigenvalue weighted by molar-refractivity contribution is 7.92. The minimum atomic E-state index is -4.20. The van der Waals surface area contributed by atoms with Gasteiger partial charge in [-0.05, 0) is 12.1 Å². The van der Waals surface area contributed by atoms with E-state index in [0.717, 1.165) is 12.1 Å². The van der Waals surface area contributed by atoms with Crippen LogP contribution in [0.5, 0.6) is 0 Å². The average molecular weight is 313 g/mol. The Morgan fingerprint density at radius 2 is 2.00 bits per heavy atom. The maximum Gasteiger partial charge on any atom is 0.264 e. The Morgan fingerprint density at radius 1 is 1.30 bits per heavy atom. The third-order valence-electron chi connectivity index (χ3n) is 2.26. The third-order valence-corrected chi connectivity index (χ3v) is 3.92. The molecule has 1 aromatic carbocycles. The molecule has 1 N–H and O–H groups in total. The fraction of sp³-hybridized carbons (Fsp3) is 0. The predicted molar refractivity (Wildman–Crippen MR) is 69.0 cm³/mol. The van der Waals surface area contributed by atoms with Crippen LogP contribution < -0.4 is 4.72 Å². The minimum Gasteiger partial charge on any atom is -0.261 e. The quantitative estimate of drug-likeness (QED) is 0.934. The lowest BCUT2D eigenvalue weighted by molar-refractivity contribution is 0.593. The van der Waals surface area contributed by atoms with Crippen molar-refractivity contribution in [2.24, 2.45) is 0 Å². The number of nitriles is 1. The Morgan fingerprint density at radius 3 is 2.65 bits per heavy atom. The lowest BCUT2D eigenvalue weighted by atomic mass is 10.2. The maximum atomic E-state index is 13.4. The molecule has 0 aliphatic heterocycles. The number of hydrogen-bond acceptors (Lipinski definition) is 5. The lowest BCUT2D eigenvalue weighted by Crippen LogP contribution is -2.16. The Kier molecular flexibility index (Phi) is 3.83. The molecular formula is C11H6ClFN4O2S. The van der Waals surface area contributed by atoms with Gasteiger partial charge in [-0.2, -0.15) is 5.26 Å². The average Bonchev–Trinajstić information content (AvgIpc) is 2.41. The number of nitrogens with one attached hydrogen (secondary N) is 1. The van der Waals surface area contributed by atoms with Crippen LogP contribution in [0, 0.1) is 17.1 Å². The number of anilines is 1. The van der Waals surface area contributed by atoms with Gasteiger partial charge in [0.1, 0.15) is 22.3 Å². The number of halogens is 2. The fourth-order valence-corrected chi connectivity index (χ4v) is 2.80. The van der Waals surface area contributed by atoms with Crippen molar-refractivity contribution in [2.45, 2.75) is 4.90 Å². The second-order valence-electron chi connectivity index (χ2n) is 3.53. The molecule has 0 atom stereocenters. The fourth-order valence-electron chi connectivity index (χ4n) is 1.41. The van der Waals surface area contributed by atoms with Crippen molar-refractivity contribution in [2.75, 3.05) is 4.72 Å². The van der Waals surface area contributed by atoms with E-state index in [4.69, 9.17) is 16.9 Å². The van der Waals surface area contributed by atoms with E-state index in [1.54, 1.807) is 0 Å². The summed E-state index contributed by atoms with van der Waals surface area (Å²) < 4.78 is 39.7. The summed E-state index contributed by atoms with van der Waals surface area (Å²) >= 11 is 5.68. The second-order valence-corrected chi connectivity index (χ2v) is 5.53. The number of rotatable bonds is 3. The molecule has 0 amide bonds. The molecule has 20 heavy (non-hydrogen) atoms. The second kappa shape index (κ2) is 5.40. The van der Waals surface area contributed by atoms with Gasteiger partial charge in [0, 0.05) is 12.4 Å². The summed E-state index contributed by atoms with van der Waals surface area (Å²) in [6, 6.07) is 4.79. The molecule has 2 aromatic rings. The first kappa shape index (κ1) is 14.2. The van der Waals surface area contributed by atoms with Gasteiger partial charge >= 0.3 is 0 Å². The van der Waals surface area contributed by atoms with Gasteiger partial charge in [-0.15, -0.1) is 0 Å². The van der Waals surface area contributed by atoms with E-state index in [0.29, 0.717) is 0 Å². The van der Waals surface area contributed by atoms with E-state index in [-0.39, 0.29) is 11.0 Å². The highest BCUT2D eigenvalue weighted by Crippen LogP contribution is 2.23. The smallest absolute Gasteiger partial charge is 0.261 e. The summed E-state index contributed by atoms with van der Waals surface area (Å²) in [6.45, 7) is 0. The van der Waals surface area contributed by atoms with Crippen molar-refractivity contribution < 1.29 is 12.8 Å². The van der Waals surface area contributed by atoms with Crippen LogP contribution in [0.25, 0.3) is 0 Å². The van der Waals surface area contributed by atoms with Crippen LogP contribution in [0.2, 0.25) is 5.15 Å². The SMILES string of the molecule is N#Cc1c(F)cccc1S(=O)(=O)Nc1nccnc1Cl. The van der Waals surface area contributed by atoms with Crippen molar-refractivity contribution in [3.63, 3.8) is 0 Å². The van der Waals surface area contributed by atoms with E-state index in [1.165, 1.54) is 24.5 Å². The zero-order chi connectivity index (χ0) is 14.8. The van der Waals surface area contributed by atoms with E-state index in [2.05, 4.69) is 14.7 Å². The summed E-state index contributed by atoms with van der Waals surface area (Å²) in [6.07, 6.45) is 2.52. The van der Waals surface area contributed by atoms with Crippen LogP contribution in [0.1, 0.15) is 5.56 Å². The van der Waals surface area contributed by atoms with Gasteiger partial charge in [-0.25, -0.2) is 22.8 Å². The van der Waals surface area contributed by atoms with Gasteiger partial charge in [0.2, 0.25) is 0 Å². The molecule has 0 unspecified atom stereocenters. The van der Waals surface area contributed by atoms with Crippen molar-refractivity contribution in [1.82, 2.24) is 9.97 Å². The number of benzene rings is 1. The maximum absolute atomic E-state index is 13.4. The molecule has 0 fully saturated rings. The zero-order valence-electron chi connectivity index (χ0n) is 9.71. The molecule has 2 rings (SSSR count). The molecule has 102 valence electrons. The summed E-state index contributed by atoms with van der Waals surface area (Å²) in [5, 5.41) is 8.69. The van der Waals surface area contributed by atoms with Gasteiger partial charge < -0.3 is 0 Å². The highest BCUT2D eigenvalue weighted by atomic mass is 35.5. The van der Waals surface area contributed by atoms with Crippen LogP contribution in [-0.2, 0) is 10.0 Å². The number of aromatic nitrogens is 2. The minimum absolute atomic E-state index is 0.161. The first-order chi connectivity index (χ1) is 9.45. The monoisotopic (exact) mass is 312 g/mol. The Bertz CT molecular complexity index is 804. The third kappa shape index (κ3) is 2.68. The van der Waals surface area contributed by atoms with Crippen LogP contribution >= 0.6 is 11.6 Å². The van der Waals surface area contributed by atoms with E-state index in [1.807, 2.05) is 0 Å². The Hall–Kier alpha value is -2.24. The molecule has 1 aromatic heterocycles. The molecule has 0 saturated carbocycles. The Balaban J connectivity index is 2.50. The van der Waals surface area contributed by atoms with Crippen molar-refractivity contribution >= 4 is 27.4 Å². The molecule has 0 saturated heterocycles. The highest BCUT2D eigenvalue weighted by Gasteiger charge is 2.22. The lowest BCUT2D eigenvalue weighted by Gasteiger charge is -2.09. The molecule has 1 heterocycles. The molecule has 0 radical (unpaired) electrons. The largest absolute Gasteiger partial charge is 0.264 e. The molecule has 9 heteroatoms. The summed E-state index contributed by atoms with van der Waals surface area (Å²) in [4.78, 5) is 6.86. The van der Waals surface area contributed by atoms with Crippen molar-refractivity contribution in [3.05, 3.63) is 47.1 Å². The molecular weight excluding hydrogens is 307 g/mol. The Labute approximate surface area is 118 Å². The standard InChI is InChI=1S/C11H6ClFN4O2S/c12-10-11(16-5-4-15-10)17-20(18,19)9-3-1-2-8(13)7(9)6-14/h1-5H,(H,16,17). The topological polar surface area (TPSA) is 95.7 Å². The summed E-state index contributed by atoms with van der Waals surface area (Å²) in [5.41, 5.74) is -0.583. The predicted octanol–water partition coefficient (Wildman–Crippen LogP) is 1.94. The van der Waals surface area contributed by atoms with E-state index < -0.39 is 26.3 Å². The van der Waals surface area contributed by atoms with Crippen LogP contribution in [0.15, 0.2) is 35.5 Å². The van der Waals surface area contributed by atoms with Crippen LogP contribution in [-0.4, -0.2) is 18.4 Å². The van der Waals surface area contributed by atoms with Gasteiger partial charge in [0.05, 0.1) is 0 Å². The zero-order valence-corrected chi connectivity index (χ0v) is 11.3. The van der Waals surface area contributed by atoms with Crippen molar-refractivity contribution in [1.29, 1.82) is 5.26 Å². The van der Waals surface area contributed by atoms with E-state index >= 15 is 0 Å². The molecule has 6 nitrogen and oxygen atoms in total. The number of sulfonamides is 1. The van der Waals surface area contributed by atoms with Crippen LogP contribution in [0.3, 0.4) is 0 Å². The number of hydrogen-bond donors (Lipinski definition) is 1. The molecule has 0 aliphatic carbocycles. The molecule has 0 bridgehead atoms. The van der Waals surface area contributed by atoms with Gasteiger partial charge in [-0.1, -0.05) is 17.7 Å². The molecule has 0 aliphatic rings. The van der Waals surface area contributed by atoms with Gasteiger partial charge in [-0.3, -0.25) is 4.72 Å². The first-order valence-electron chi connectivity index (χ1n) is 5.13. The van der Waals surface area contributed by atoms with Crippen LogP contribution in [0.4, 0.5) is 10.2 Å². The van der Waals surface area contributed by atoms with Gasteiger partial charge in [0.25, 0.3) is 10.0 Å². The summed E-state index contributed by atoms with van der Waals surface area (Å²) in [7, 11) is -4.20. The summed E-state index contributed by atoms with van der Waals surface area (Å²) in [5.74, 6) is -1.14.